The Hall–Kier alpha value is -0.870. The minimum atomic E-state index is 0.126. The van der Waals surface area contributed by atoms with Gasteiger partial charge in [0.1, 0.15) is 11.8 Å². The predicted octanol–water partition coefficient (Wildman–Crippen LogP) is 0.952. The number of rotatable bonds is 1. The fourth-order valence-electron chi connectivity index (χ4n) is 1.37. The Bertz CT molecular complexity index is 270. The number of ether oxygens (including phenoxy) is 1. The largest absolute Gasteiger partial charge is 0.444 e. The van der Waals surface area contributed by atoms with E-state index >= 15 is 0 Å². The van der Waals surface area contributed by atoms with Crippen LogP contribution >= 0.6 is 0 Å². The van der Waals surface area contributed by atoms with Crippen molar-refractivity contribution in [1.82, 2.24) is 10.3 Å². The highest BCUT2D eigenvalue weighted by molar-refractivity contribution is 5.07. The Labute approximate surface area is 77.3 Å². The molecule has 1 N–H and O–H groups in total. The lowest BCUT2D eigenvalue weighted by atomic mass is 10.3. The van der Waals surface area contributed by atoms with Crippen LogP contribution in [0.2, 0.25) is 0 Å². The van der Waals surface area contributed by atoms with Gasteiger partial charge in [0.15, 0.2) is 0 Å². The van der Waals surface area contributed by atoms with Crippen LogP contribution in [0.4, 0.5) is 0 Å². The molecule has 13 heavy (non-hydrogen) atoms. The Morgan fingerprint density at radius 2 is 2.31 bits per heavy atom. The minimum absolute atomic E-state index is 0.126. The number of nitrogens with one attached hydrogen (secondary N) is 1. The summed E-state index contributed by atoms with van der Waals surface area (Å²) in [5.74, 6) is 1.64. The lowest BCUT2D eigenvalue weighted by Crippen LogP contribution is -2.34. The van der Waals surface area contributed by atoms with E-state index in [-0.39, 0.29) is 6.04 Å². The third-order valence-corrected chi connectivity index (χ3v) is 2.26. The van der Waals surface area contributed by atoms with Gasteiger partial charge in [0.05, 0.1) is 18.9 Å². The summed E-state index contributed by atoms with van der Waals surface area (Å²) < 4.78 is 10.8. The van der Waals surface area contributed by atoms with Crippen molar-refractivity contribution in [3.8, 4) is 0 Å². The molecule has 0 spiro atoms. The maximum absolute atomic E-state index is 5.50. The zero-order valence-corrected chi connectivity index (χ0v) is 7.96. The first-order valence-electron chi connectivity index (χ1n) is 4.52. The summed E-state index contributed by atoms with van der Waals surface area (Å²) in [4.78, 5) is 4.32. The Morgan fingerprint density at radius 1 is 1.46 bits per heavy atom. The van der Waals surface area contributed by atoms with E-state index in [4.69, 9.17) is 9.15 Å². The summed E-state index contributed by atoms with van der Waals surface area (Å²) in [5, 5.41) is 3.29. The maximum Gasteiger partial charge on any atom is 0.214 e. The van der Waals surface area contributed by atoms with E-state index in [1.165, 1.54) is 0 Å². The monoisotopic (exact) mass is 182 g/mol. The highest BCUT2D eigenvalue weighted by Gasteiger charge is 2.20. The van der Waals surface area contributed by atoms with Gasteiger partial charge in [0, 0.05) is 6.54 Å². The summed E-state index contributed by atoms with van der Waals surface area (Å²) in [7, 11) is 0. The SMILES string of the molecule is Cc1nc(C2COCCN2)oc1C. The highest BCUT2D eigenvalue weighted by Crippen LogP contribution is 2.17. The maximum atomic E-state index is 5.50. The molecule has 2 rings (SSSR count). The average molecular weight is 182 g/mol. The Morgan fingerprint density at radius 3 is 2.85 bits per heavy atom. The van der Waals surface area contributed by atoms with Gasteiger partial charge in [-0.2, -0.15) is 0 Å². The standard InChI is InChI=1S/C9H14N2O2/c1-6-7(2)13-9(11-6)8-5-12-4-3-10-8/h8,10H,3-5H2,1-2H3. The smallest absolute Gasteiger partial charge is 0.214 e. The van der Waals surface area contributed by atoms with Crippen molar-refractivity contribution in [3.05, 3.63) is 17.3 Å². The van der Waals surface area contributed by atoms with Crippen LogP contribution in [0.1, 0.15) is 23.4 Å². The fourth-order valence-corrected chi connectivity index (χ4v) is 1.37. The molecule has 0 radical (unpaired) electrons. The quantitative estimate of drug-likeness (QED) is 0.702. The van der Waals surface area contributed by atoms with Gasteiger partial charge >= 0.3 is 0 Å². The third-order valence-electron chi connectivity index (χ3n) is 2.26. The molecule has 0 aromatic carbocycles. The topological polar surface area (TPSA) is 47.3 Å². The van der Waals surface area contributed by atoms with E-state index < -0.39 is 0 Å². The average Bonchev–Trinajstić information content (AvgIpc) is 2.49. The van der Waals surface area contributed by atoms with E-state index in [0.29, 0.717) is 6.61 Å². The normalized spacial score (nSPS) is 23.4. The summed E-state index contributed by atoms with van der Waals surface area (Å²) in [6.45, 7) is 6.17. The Kier molecular flexibility index (Phi) is 2.33. The summed E-state index contributed by atoms with van der Waals surface area (Å²) in [5.41, 5.74) is 0.961. The van der Waals surface area contributed by atoms with Crippen molar-refractivity contribution >= 4 is 0 Å². The van der Waals surface area contributed by atoms with Crippen LogP contribution in [0.5, 0.6) is 0 Å². The first-order chi connectivity index (χ1) is 6.27. The number of morpholine rings is 1. The van der Waals surface area contributed by atoms with E-state index in [1.54, 1.807) is 0 Å². The first kappa shape index (κ1) is 8.72. The predicted molar refractivity (Wildman–Crippen MR) is 47.5 cm³/mol. The van der Waals surface area contributed by atoms with Gasteiger partial charge in [-0.3, -0.25) is 0 Å². The van der Waals surface area contributed by atoms with Gasteiger partial charge in [-0.25, -0.2) is 4.98 Å². The van der Waals surface area contributed by atoms with Crippen LogP contribution in [-0.2, 0) is 4.74 Å². The molecular formula is C9H14N2O2. The van der Waals surface area contributed by atoms with E-state index in [2.05, 4.69) is 10.3 Å². The number of hydrogen-bond donors (Lipinski definition) is 1. The molecule has 72 valence electrons. The summed E-state index contributed by atoms with van der Waals surface area (Å²) in [6, 6.07) is 0.126. The third kappa shape index (κ3) is 1.73. The number of aryl methyl sites for hydroxylation is 2. The van der Waals surface area contributed by atoms with Crippen LogP contribution < -0.4 is 5.32 Å². The molecule has 1 aromatic heterocycles. The molecule has 2 heterocycles. The molecule has 1 aromatic rings. The van der Waals surface area contributed by atoms with Crippen LogP contribution in [0.25, 0.3) is 0 Å². The van der Waals surface area contributed by atoms with Crippen LogP contribution in [-0.4, -0.2) is 24.7 Å². The Balaban J connectivity index is 2.14. The second-order valence-corrected chi connectivity index (χ2v) is 3.28. The molecule has 1 saturated heterocycles. The van der Waals surface area contributed by atoms with Gasteiger partial charge in [-0.05, 0) is 13.8 Å². The minimum Gasteiger partial charge on any atom is -0.444 e. The molecule has 1 atom stereocenters. The lowest BCUT2D eigenvalue weighted by Gasteiger charge is -2.20. The van der Waals surface area contributed by atoms with Gasteiger partial charge in [0.25, 0.3) is 0 Å². The molecule has 1 aliphatic rings. The van der Waals surface area contributed by atoms with Crippen LogP contribution in [0.3, 0.4) is 0 Å². The number of aromatic nitrogens is 1. The number of nitrogens with zero attached hydrogens (tertiary/aromatic N) is 1. The summed E-state index contributed by atoms with van der Waals surface area (Å²) in [6.07, 6.45) is 0. The van der Waals surface area contributed by atoms with Crippen molar-refractivity contribution in [2.75, 3.05) is 19.8 Å². The van der Waals surface area contributed by atoms with Crippen LogP contribution in [0.15, 0.2) is 4.42 Å². The van der Waals surface area contributed by atoms with E-state index in [0.717, 1.165) is 30.5 Å². The van der Waals surface area contributed by atoms with Gasteiger partial charge in [-0.1, -0.05) is 0 Å². The second-order valence-electron chi connectivity index (χ2n) is 3.28. The molecule has 4 nitrogen and oxygen atoms in total. The van der Waals surface area contributed by atoms with Crippen LogP contribution in [0, 0.1) is 13.8 Å². The molecule has 0 aliphatic carbocycles. The van der Waals surface area contributed by atoms with Crippen molar-refractivity contribution in [1.29, 1.82) is 0 Å². The van der Waals surface area contributed by atoms with Gasteiger partial charge in [0.2, 0.25) is 5.89 Å². The second kappa shape index (κ2) is 3.47. The molecule has 1 fully saturated rings. The van der Waals surface area contributed by atoms with E-state index in [1.807, 2.05) is 13.8 Å². The first-order valence-corrected chi connectivity index (χ1v) is 4.52. The number of oxazole rings is 1. The highest BCUT2D eigenvalue weighted by atomic mass is 16.5. The molecule has 0 saturated carbocycles. The zero-order valence-electron chi connectivity index (χ0n) is 7.96. The molecule has 1 unspecified atom stereocenters. The molecular weight excluding hydrogens is 168 g/mol. The summed E-state index contributed by atoms with van der Waals surface area (Å²) >= 11 is 0. The van der Waals surface area contributed by atoms with E-state index in [9.17, 15) is 0 Å². The van der Waals surface area contributed by atoms with Gasteiger partial charge < -0.3 is 14.5 Å². The fraction of sp³-hybridized carbons (Fsp3) is 0.667. The molecule has 1 aliphatic heterocycles. The molecule has 0 bridgehead atoms. The van der Waals surface area contributed by atoms with Crippen molar-refractivity contribution in [2.24, 2.45) is 0 Å². The van der Waals surface area contributed by atoms with Crippen molar-refractivity contribution in [2.45, 2.75) is 19.9 Å². The lowest BCUT2D eigenvalue weighted by molar-refractivity contribution is 0.0678. The van der Waals surface area contributed by atoms with Gasteiger partial charge in [-0.15, -0.1) is 0 Å². The number of hydrogen-bond acceptors (Lipinski definition) is 4. The molecule has 4 heteroatoms. The van der Waals surface area contributed by atoms with Crippen molar-refractivity contribution < 1.29 is 9.15 Å². The zero-order chi connectivity index (χ0) is 9.26. The molecule has 0 amide bonds. The van der Waals surface area contributed by atoms with Crippen molar-refractivity contribution in [3.63, 3.8) is 0 Å².